The largest absolute Gasteiger partial charge is 0.472 e. The fraction of sp³-hybridized carbons (Fsp3) is 0.207. The summed E-state index contributed by atoms with van der Waals surface area (Å²) in [5.74, 6) is 0.156. The molecule has 6 aromatic heterocycles. The van der Waals surface area contributed by atoms with Gasteiger partial charge in [-0.2, -0.15) is 5.10 Å². The second kappa shape index (κ2) is 9.26. The molecule has 9 nitrogen and oxygen atoms in total. The van der Waals surface area contributed by atoms with Crippen molar-refractivity contribution in [3.05, 3.63) is 67.8 Å². The van der Waals surface area contributed by atoms with Gasteiger partial charge in [-0.25, -0.2) is 0 Å². The number of rotatable bonds is 5. The number of pyridine rings is 3. The molecule has 38 heavy (non-hydrogen) atoms. The number of hydrogen-bond acceptors (Lipinski definition) is 6. The highest BCUT2D eigenvalue weighted by atomic mass is 16.3. The number of carbonyl (C=O) groups is 1. The van der Waals surface area contributed by atoms with Crippen molar-refractivity contribution in [2.45, 2.75) is 32.1 Å². The Morgan fingerprint density at radius 3 is 2.68 bits per heavy atom. The smallest absolute Gasteiger partial charge is 0.227 e. The molecule has 0 spiro atoms. The quantitative estimate of drug-likeness (QED) is 0.252. The van der Waals surface area contributed by atoms with E-state index >= 15 is 0 Å². The lowest BCUT2D eigenvalue weighted by Crippen LogP contribution is -2.24. The van der Waals surface area contributed by atoms with E-state index in [1.165, 1.54) is 6.42 Å². The van der Waals surface area contributed by atoms with E-state index < -0.39 is 0 Å². The van der Waals surface area contributed by atoms with Gasteiger partial charge in [0.15, 0.2) is 0 Å². The highest BCUT2D eigenvalue weighted by Crippen LogP contribution is 2.34. The first kappa shape index (κ1) is 22.4. The fourth-order valence-corrected chi connectivity index (χ4v) is 5.36. The molecule has 0 atom stereocenters. The topological polar surface area (TPSA) is 125 Å². The Morgan fingerprint density at radius 2 is 1.82 bits per heavy atom. The molecular weight excluding hydrogens is 478 g/mol. The van der Waals surface area contributed by atoms with Gasteiger partial charge in [0.25, 0.3) is 0 Å². The van der Waals surface area contributed by atoms with Crippen LogP contribution in [0.25, 0.3) is 55.6 Å². The molecule has 9 heteroatoms. The van der Waals surface area contributed by atoms with Crippen LogP contribution in [0, 0.1) is 5.92 Å². The minimum absolute atomic E-state index is 0.0762. The van der Waals surface area contributed by atoms with E-state index in [0.717, 1.165) is 81.3 Å². The Hall–Kier alpha value is -4.79. The summed E-state index contributed by atoms with van der Waals surface area (Å²) < 4.78 is 5.28. The van der Waals surface area contributed by atoms with Crippen molar-refractivity contribution in [3.8, 4) is 33.8 Å². The number of nitrogens with zero attached hydrogens (tertiary/aromatic N) is 4. The van der Waals surface area contributed by atoms with Crippen LogP contribution >= 0.6 is 0 Å². The fourth-order valence-electron chi connectivity index (χ4n) is 5.36. The van der Waals surface area contributed by atoms with Gasteiger partial charge in [-0.3, -0.25) is 24.8 Å². The van der Waals surface area contributed by atoms with E-state index in [0.29, 0.717) is 5.69 Å². The van der Waals surface area contributed by atoms with Crippen LogP contribution in [-0.4, -0.2) is 36.0 Å². The van der Waals surface area contributed by atoms with Crippen molar-refractivity contribution >= 4 is 33.4 Å². The molecule has 7 rings (SSSR count). The molecule has 6 aromatic rings. The van der Waals surface area contributed by atoms with Crippen LogP contribution in [0.1, 0.15) is 32.1 Å². The predicted octanol–water partition coefficient (Wildman–Crippen LogP) is 6.34. The monoisotopic (exact) mass is 503 g/mol. The van der Waals surface area contributed by atoms with Crippen LogP contribution in [0.4, 0.5) is 5.69 Å². The third-order valence-electron chi connectivity index (χ3n) is 7.36. The average molecular weight is 504 g/mol. The molecule has 3 N–H and O–H groups in total. The number of aromatic amines is 2. The van der Waals surface area contributed by atoms with Gasteiger partial charge in [-0.15, -0.1) is 0 Å². The lowest BCUT2D eigenvalue weighted by atomic mass is 9.88. The molecule has 188 valence electrons. The summed E-state index contributed by atoms with van der Waals surface area (Å²) in [7, 11) is 0. The van der Waals surface area contributed by atoms with Gasteiger partial charge in [0.2, 0.25) is 5.91 Å². The van der Waals surface area contributed by atoms with Crippen molar-refractivity contribution < 1.29 is 9.21 Å². The normalized spacial score (nSPS) is 14.3. The molecule has 1 aliphatic rings. The van der Waals surface area contributed by atoms with Gasteiger partial charge < -0.3 is 14.7 Å². The molecule has 1 saturated carbocycles. The SMILES string of the molecule is O=C(Nc1cncc(-c2cc3c(-c4cc5c(-c6ccoc6)cncc5[nH]4)n[nH]c3cn2)c1)C1CCCCC1. The van der Waals surface area contributed by atoms with Crippen molar-refractivity contribution in [2.75, 3.05) is 5.32 Å². The first-order chi connectivity index (χ1) is 18.7. The Labute approximate surface area is 217 Å². The highest BCUT2D eigenvalue weighted by Gasteiger charge is 2.21. The number of carbonyl (C=O) groups excluding carboxylic acids is 1. The summed E-state index contributed by atoms with van der Waals surface area (Å²) in [5, 5.41) is 12.7. The van der Waals surface area contributed by atoms with Crippen molar-refractivity contribution in [3.63, 3.8) is 0 Å². The van der Waals surface area contributed by atoms with Crippen LogP contribution in [0.3, 0.4) is 0 Å². The molecule has 1 fully saturated rings. The zero-order valence-electron chi connectivity index (χ0n) is 20.6. The van der Waals surface area contributed by atoms with Gasteiger partial charge >= 0.3 is 0 Å². The summed E-state index contributed by atoms with van der Waals surface area (Å²) in [6.07, 6.45) is 17.6. The number of hydrogen-bond donors (Lipinski definition) is 3. The average Bonchev–Trinajstić information content (AvgIpc) is 3.73. The van der Waals surface area contributed by atoms with Crippen LogP contribution in [0.5, 0.6) is 0 Å². The lowest BCUT2D eigenvalue weighted by Gasteiger charge is -2.20. The summed E-state index contributed by atoms with van der Waals surface area (Å²) in [5.41, 5.74) is 7.60. The van der Waals surface area contributed by atoms with Gasteiger partial charge in [0, 0.05) is 45.8 Å². The number of aromatic nitrogens is 6. The molecule has 0 bridgehead atoms. The summed E-state index contributed by atoms with van der Waals surface area (Å²) in [4.78, 5) is 29.6. The van der Waals surface area contributed by atoms with Gasteiger partial charge in [-0.1, -0.05) is 19.3 Å². The van der Waals surface area contributed by atoms with Gasteiger partial charge in [-0.05, 0) is 37.1 Å². The number of nitrogens with one attached hydrogen (secondary N) is 3. The van der Waals surface area contributed by atoms with Crippen molar-refractivity contribution in [2.24, 2.45) is 5.92 Å². The summed E-state index contributed by atoms with van der Waals surface area (Å²) >= 11 is 0. The molecular formula is C29H25N7O2. The molecule has 1 aliphatic carbocycles. The van der Waals surface area contributed by atoms with Crippen LogP contribution in [0.15, 0.2) is 72.2 Å². The number of anilines is 1. The molecule has 1 amide bonds. The standard InChI is InChI=1S/C29H25N7O2/c37-29(17-4-2-1-3-5-17)33-20-8-19(11-30-12-20)24-10-22-27(15-32-24)35-36-28(22)25-9-21-23(18-6-7-38-16-18)13-31-14-26(21)34-25/h6-17,34H,1-5H2,(H,33,37)(H,35,36). The number of H-pyrrole nitrogens is 2. The van der Waals surface area contributed by atoms with E-state index in [9.17, 15) is 4.79 Å². The van der Waals surface area contributed by atoms with E-state index in [4.69, 9.17) is 4.42 Å². The molecule has 0 unspecified atom stereocenters. The van der Waals surface area contributed by atoms with Crippen molar-refractivity contribution in [1.82, 2.24) is 30.1 Å². The molecule has 0 radical (unpaired) electrons. The van der Waals surface area contributed by atoms with E-state index in [-0.39, 0.29) is 11.8 Å². The Kier molecular flexibility index (Phi) is 5.46. The van der Waals surface area contributed by atoms with Gasteiger partial charge in [0.05, 0.1) is 59.2 Å². The Balaban J connectivity index is 1.23. The Morgan fingerprint density at radius 1 is 0.921 bits per heavy atom. The number of fused-ring (bicyclic) bond motifs is 2. The first-order valence-corrected chi connectivity index (χ1v) is 12.8. The maximum atomic E-state index is 12.7. The highest BCUT2D eigenvalue weighted by molar-refractivity contribution is 6.01. The van der Waals surface area contributed by atoms with Crippen LogP contribution < -0.4 is 5.32 Å². The van der Waals surface area contributed by atoms with E-state index in [1.54, 1.807) is 31.1 Å². The third-order valence-corrected chi connectivity index (χ3v) is 7.36. The molecule has 6 heterocycles. The van der Waals surface area contributed by atoms with Crippen LogP contribution in [-0.2, 0) is 4.79 Å². The lowest BCUT2D eigenvalue weighted by molar-refractivity contribution is -0.120. The maximum absolute atomic E-state index is 12.7. The number of furan rings is 1. The zero-order chi connectivity index (χ0) is 25.5. The van der Waals surface area contributed by atoms with E-state index in [1.807, 2.05) is 30.6 Å². The molecule has 0 saturated heterocycles. The molecule has 0 aromatic carbocycles. The second-order valence-electron chi connectivity index (χ2n) is 9.82. The molecule has 0 aliphatic heterocycles. The Bertz CT molecular complexity index is 1760. The maximum Gasteiger partial charge on any atom is 0.227 e. The van der Waals surface area contributed by atoms with Gasteiger partial charge in [0.1, 0.15) is 5.69 Å². The minimum Gasteiger partial charge on any atom is -0.472 e. The van der Waals surface area contributed by atoms with Crippen LogP contribution in [0.2, 0.25) is 0 Å². The number of amides is 1. The first-order valence-electron chi connectivity index (χ1n) is 12.8. The van der Waals surface area contributed by atoms with Crippen molar-refractivity contribution in [1.29, 1.82) is 0 Å². The summed E-state index contributed by atoms with van der Waals surface area (Å²) in [6.45, 7) is 0. The second-order valence-corrected chi connectivity index (χ2v) is 9.82. The minimum atomic E-state index is 0.0762. The summed E-state index contributed by atoms with van der Waals surface area (Å²) in [6, 6.07) is 7.93. The predicted molar refractivity (Wildman–Crippen MR) is 145 cm³/mol. The van der Waals surface area contributed by atoms with E-state index in [2.05, 4.69) is 41.5 Å². The zero-order valence-corrected chi connectivity index (χ0v) is 20.6. The third kappa shape index (κ3) is 4.02.